The number of urea groups is 1. The highest BCUT2D eigenvalue weighted by Gasteiger charge is 2.27. The maximum atomic E-state index is 12.0. The van der Waals surface area contributed by atoms with Crippen molar-refractivity contribution in [2.75, 3.05) is 24.6 Å². The molecule has 3 rings (SSSR count). The van der Waals surface area contributed by atoms with Gasteiger partial charge < -0.3 is 24.7 Å². The van der Waals surface area contributed by atoms with Crippen LogP contribution < -0.4 is 20.3 Å². The fourth-order valence-electron chi connectivity index (χ4n) is 2.72. The minimum atomic E-state index is -0.204. The van der Waals surface area contributed by atoms with Crippen LogP contribution in [0.15, 0.2) is 35.2 Å². The molecular weight excluding hydrogens is 322 g/mol. The van der Waals surface area contributed by atoms with Crippen LogP contribution in [0.3, 0.4) is 0 Å². The Hall–Kier alpha value is -2.77. The molecule has 0 saturated carbocycles. The van der Waals surface area contributed by atoms with E-state index in [2.05, 4.69) is 25.5 Å². The molecule has 0 aliphatic carbocycles. The number of carbonyl (C=O) groups excluding carboxylic acids is 1. The van der Waals surface area contributed by atoms with Gasteiger partial charge in [0.25, 0.3) is 5.88 Å². The molecule has 1 atom stereocenters. The molecule has 1 fully saturated rings. The molecule has 1 aliphatic rings. The van der Waals surface area contributed by atoms with Crippen LogP contribution in [0.4, 0.5) is 10.6 Å². The van der Waals surface area contributed by atoms with E-state index in [0.29, 0.717) is 25.6 Å². The third-order valence-electron chi connectivity index (χ3n) is 3.92. The molecule has 2 amide bonds. The Morgan fingerprint density at radius 3 is 3.12 bits per heavy atom. The second-order valence-corrected chi connectivity index (χ2v) is 5.87. The first-order chi connectivity index (χ1) is 12.3. The third-order valence-corrected chi connectivity index (χ3v) is 3.92. The molecule has 0 spiro atoms. The highest BCUT2D eigenvalue weighted by Crippen LogP contribution is 2.26. The first-order valence-corrected chi connectivity index (χ1v) is 8.51. The Morgan fingerprint density at radius 2 is 2.32 bits per heavy atom. The van der Waals surface area contributed by atoms with E-state index in [1.807, 2.05) is 13.0 Å². The molecule has 1 saturated heterocycles. The minimum absolute atomic E-state index is 0.0534. The van der Waals surface area contributed by atoms with Gasteiger partial charge in [-0.15, -0.1) is 0 Å². The molecule has 1 aliphatic heterocycles. The Morgan fingerprint density at radius 1 is 1.44 bits per heavy atom. The van der Waals surface area contributed by atoms with Crippen molar-refractivity contribution in [3.05, 3.63) is 36.5 Å². The lowest BCUT2D eigenvalue weighted by Gasteiger charge is -2.20. The zero-order valence-corrected chi connectivity index (χ0v) is 14.3. The maximum Gasteiger partial charge on any atom is 0.315 e. The molecule has 0 radical (unpaired) electrons. The second-order valence-electron chi connectivity index (χ2n) is 5.87. The molecule has 2 N–H and O–H groups in total. The van der Waals surface area contributed by atoms with Gasteiger partial charge in [0.1, 0.15) is 5.76 Å². The number of hydrogen-bond acceptors (Lipinski definition) is 6. The van der Waals surface area contributed by atoms with Crippen LogP contribution in [0.1, 0.15) is 25.5 Å². The van der Waals surface area contributed by atoms with Crippen LogP contribution in [-0.4, -0.2) is 41.7 Å². The summed E-state index contributed by atoms with van der Waals surface area (Å²) in [6.07, 6.45) is 6.63. The SMILES string of the molecule is CCCOc1nccnc1N1CCC(NC(=O)NCc2ccco2)C1. The van der Waals surface area contributed by atoms with Crippen molar-refractivity contribution in [1.29, 1.82) is 0 Å². The Bertz CT molecular complexity index is 677. The van der Waals surface area contributed by atoms with E-state index < -0.39 is 0 Å². The molecule has 8 heteroatoms. The lowest BCUT2D eigenvalue weighted by atomic mass is 10.3. The first-order valence-electron chi connectivity index (χ1n) is 8.51. The summed E-state index contributed by atoms with van der Waals surface area (Å²) in [6.45, 7) is 4.50. The standard InChI is InChI=1S/C17H23N5O3/c1-2-9-25-16-15(18-6-7-19-16)22-8-5-13(12-22)21-17(23)20-11-14-4-3-10-24-14/h3-4,6-7,10,13H,2,5,8-9,11-12H2,1H3,(H2,20,21,23). The highest BCUT2D eigenvalue weighted by molar-refractivity contribution is 5.74. The number of hydrogen-bond donors (Lipinski definition) is 2. The van der Waals surface area contributed by atoms with Gasteiger partial charge in [0.15, 0.2) is 5.82 Å². The van der Waals surface area contributed by atoms with Crippen LogP contribution in [-0.2, 0) is 6.54 Å². The normalized spacial score (nSPS) is 16.7. The summed E-state index contributed by atoms with van der Waals surface area (Å²) in [5.41, 5.74) is 0. The summed E-state index contributed by atoms with van der Waals surface area (Å²) in [7, 11) is 0. The predicted octanol–water partition coefficient (Wildman–Crippen LogP) is 1.94. The molecule has 2 aromatic rings. The fraction of sp³-hybridized carbons (Fsp3) is 0.471. The van der Waals surface area contributed by atoms with Crippen LogP contribution in [0.2, 0.25) is 0 Å². The molecular formula is C17H23N5O3. The van der Waals surface area contributed by atoms with E-state index in [0.717, 1.165) is 31.0 Å². The number of carbonyl (C=O) groups is 1. The van der Waals surface area contributed by atoms with Gasteiger partial charge in [-0.3, -0.25) is 0 Å². The summed E-state index contributed by atoms with van der Waals surface area (Å²) >= 11 is 0. The predicted molar refractivity (Wildman–Crippen MR) is 92.5 cm³/mol. The molecule has 0 bridgehead atoms. The van der Waals surface area contributed by atoms with Crippen LogP contribution >= 0.6 is 0 Å². The Kier molecular flexibility index (Phi) is 5.71. The molecule has 3 heterocycles. The van der Waals surface area contributed by atoms with Crippen molar-refractivity contribution in [3.63, 3.8) is 0 Å². The lowest BCUT2D eigenvalue weighted by Crippen LogP contribution is -2.43. The smallest absolute Gasteiger partial charge is 0.315 e. The number of anilines is 1. The number of nitrogens with zero attached hydrogens (tertiary/aromatic N) is 3. The van der Waals surface area contributed by atoms with Crippen LogP contribution in [0.25, 0.3) is 0 Å². The third kappa shape index (κ3) is 4.62. The number of aromatic nitrogens is 2. The van der Waals surface area contributed by atoms with Crippen molar-refractivity contribution in [3.8, 4) is 5.88 Å². The molecule has 2 aromatic heterocycles. The largest absolute Gasteiger partial charge is 0.475 e. The number of amides is 2. The zero-order chi connectivity index (χ0) is 17.5. The quantitative estimate of drug-likeness (QED) is 0.797. The molecule has 134 valence electrons. The van der Waals surface area contributed by atoms with Gasteiger partial charge >= 0.3 is 6.03 Å². The van der Waals surface area contributed by atoms with E-state index in [-0.39, 0.29) is 12.1 Å². The number of nitrogens with one attached hydrogen (secondary N) is 2. The maximum absolute atomic E-state index is 12.0. The van der Waals surface area contributed by atoms with Crippen LogP contribution in [0.5, 0.6) is 5.88 Å². The van der Waals surface area contributed by atoms with Gasteiger partial charge in [-0.2, -0.15) is 0 Å². The van der Waals surface area contributed by atoms with Gasteiger partial charge in [-0.25, -0.2) is 14.8 Å². The van der Waals surface area contributed by atoms with Gasteiger partial charge in [-0.1, -0.05) is 6.92 Å². The van der Waals surface area contributed by atoms with E-state index in [1.54, 1.807) is 24.7 Å². The van der Waals surface area contributed by atoms with Crippen molar-refractivity contribution in [2.45, 2.75) is 32.4 Å². The van der Waals surface area contributed by atoms with E-state index in [4.69, 9.17) is 9.15 Å². The Balaban J connectivity index is 1.50. The molecule has 8 nitrogen and oxygen atoms in total. The number of rotatable bonds is 7. The average molecular weight is 345 g/mol. The van der Waals surface area contributed by atoms with E-state index in [9.17, 15) is 4.79 Å². The Labute approximate surface area is 146 Å². The first kappa shape index (κ1) is 17.1. The zero-order valence-electron chi connectivity index (χ0n) is 14.3. The molecule has 1 unspecified atom stereocenters. The van der Waals surface area contributed by atoms with Gasteiger partial charge in [-0.05, 0) is 25.0 Å². The molecule has 25 heavy (non-hydrogen) atoms. The summed E-state index contributed by atoms with van der Waals surface area (Å²) in [4.78, 5) is 22.8. The average Bonchev–Trinajstić information content (AvgIpc) is 3.30. The summed E-state index contributed by atoms with van der Waals surface area (Å²) in [6, 6.07) is 3.47. The minimum Gasteiger partial charge on any atom is -0.475 e. The van der Waals surface area contributed by atoms with E-state index in [1.165, 1.54) is 0 Å². The second kappa shape index (κ2) is 8.36. The van der Waals surface area contributed by atoms with Crippen molar-refractivity contribution < 1.29 is 13.9 Å². The molecule has 0 aromatic carbocycles. The van der Waals surface area contributed by atoms with Crippen molar-refractivity contribution in [2.24, 2.45) is 0 Å². The van der Waals surface area contributed by atoms with Gasteiger partial charge in [0.2, 0.25) is 0 Å². The van der Waals surface area contributed by atoms with Crippen LogP contribution in [0, 0.1) is 0 Å². The monoisotopic (exact) mass is 345 g/mol. The fourth-order valence-corrected chi connectivity index (χ4v) is 2.72. The van der Waals surface area contributed by atoms with Crippen molar-refractivity contribution >= 4 is 11.8 Å². The van der Waals surface area contributed by atoms with E-state index >= 15 is 0 Å². The number of furan rings is 1. The lowest BCUT2D eigenvalue weighted by molar-refractivity contribution is 0.236. The highest BCUT2D eigenvalue weighted by atomic mass is 16.5. The topological polar surface area (TPSA) is 92.5 Å². The van der Waals surface area contributed by atoms with Crippen molar-refractivity contribution in [1.82, 2.24) is 20.6 Å². The van der Waals surface area contributed by atoms with Gasteiger partial charge in [0, 0.05) is 31.5 Å². The summed E-state index contributed by atoms with van der Waals surface area (Å²) in [5, 5.41) is 5.77. The van der Waals surface area contributed by atoms with Gasteiger partial charge in [0.05, 0.1) is 19.4 Å². The number of ether oxygens (including phenoxy) is 1. The summed E-state index contributed by atoms with van der Waals surface area (Å²) < 4.78 is 10.9. The summed E-state index contributed by atoms with van der Waals surface area (Å²) in [5.74, 6) is 2.00.